The van der Waals surface area contributed by atoms with Crippen molar-refractivity contribution in [3.63, 3.8) is 0 Å². The maximum Gasteiger partial charge on any atom is 0.150 e. The molecule has 1 aliphatic heterocycles. The van der Waals surface area contributed by atoms with Gasteiger partial charge >= 0.3 is 0 Å². The third kappa shape index (κ3) is 3.16. The summed E-state index contributed by atoms with van der Waals surface area (Å²) in [7, 11) is 0. The fourth-order valence-corrected chi connectivity index (χ4v) is 3.31. The molecule has 0 aliphatic carbocycles. The Balaban J connectivity index is 1.73. The fourth-order valence-electron chi connectivity index (χ4n) is 3.31. The number of aldehydes is 1. The molecule has 1 aliphatic rings. The molecule has 0 bridgehead atoms. The highest BCUT2D eigenvalue weighted by atomic mass is 16.1. The summed E-state index contributed by atoms with van der Waals surface area (Å²) in [6.45, 7) is 2.09. The van der Waals surface area contributed by atoms with Crippen molar-refractivity contribution in [2.75, 3.05) is 5.01 Å². The van der Waals surface area contributed by atoms with E-state index < -0.39 is 0 Å². The quantitative estimate of drug-likeness (QED) is 0.614. The lowest BCUT2D eigenvalue weighted by Crippen LogP contribution is -2.18. The molecule has 1 atom stereocenters. The first-order valence-corrected chi connectivity index (χ1v) is 8.78. The molecule has 0 radical (unpaired) electrons. The van der Waals surface area contributed by atoms with Gasteiger partial charge in [0, 0.05) is 12.0 Å². The maximum absolute atomic E-state index is 10.9. The van der Waals surface area contributed by atoms with Crippen molar-refractivity contribution in [2.45, 2.75) is 19.4 Å². The normalized spacial score (nSPS) is 16.4. The van der Waals surface area contributed by atoms with Crippen LogP contribution in [0.25, 0.3) is 0 Å². The van der Waals surface area contributed by atoms with Gasteiger partial charge in [-0.3, -0.25) is 9.80 Å². The van der Waals surface area contributed by atoms with E-state index in [0.29, 0.717) is 5.56 Å². The zero-order chi connectivity index (χ0) is 17.9. The van der Waals surface area contributed by atoms with Crippen molar-refractivity contribution in [1.82, 2.24) is 0 Å². The molecule has 0 aromatic heterocycles. The summed E-state index contributed by atoms with van der Waals surface area (Å²) in [5.41, 5.74) is 6.38. The maximum atomic E-state index is 10.9. The SMILES string of the molecule is Cc1ccc(C2=NN(c3ccc(C=O)cc3)[C@@H](c3ccccc3)C2)cc1. The zero-order valence-electron chi connectivity index (χ0n) is 14.7. The van der Waals surface area contributed by atoms with Gasteiger partial charge in [0.2, 0.25) is 0 Å². The van der Waals surface area contributed by atoms with E-state index in [1.807, 2.05) is 30.3 Å². The third-order valence-electron chi connectivity index (χ3n) is 4.77. The Morgan fingerprint density at radius 1 is 0.923 bits per heavy atom. The fraction of sp³-hybridized carbons (Fsp3) is 0.130. The standard InChI is InChI=1S/C23H20N2O/c1-17-7-11-19(12-8-17)22-15-23(20-5-3-2-4-6-20)25(24-22)21-13-9-18(16-26)10-14-21/h2-14,16,23H,15H2,1H3/t23-/m1/s1. The van der Waals surface area contributed by atoms with Crippen LogP contribution in [0, 0.1) is 6.92 Å². The Morgan fingerprint density at radius 3 is 2.27 bits per heavy atom. The van der Waals surface area contributed by atoms with E-state index in [9.17, 15) is 4.79 Å². The highest BCUT2D eigenvalue weighted by Gasteiger charge is 2.29. The van der Waals surface area contributed by atoms with Crippen LogP contribution in [0.15, 0.2) is 84.0 Å². The number of hydrogen-bond acceptors (Lipinski definition) is 3. The number of carbonyl (C=O) groups is 1. The van der Waals surface area contributed by atoms with Gasteiger partial charge in [0.15, 0.2) is 0 Å². The van der Waals surface area contributed by atoms with Crippen molar-refractivity contribution in [1.29, 1.82) is 0 Å². The van der Waals surface area contributed by atoms with Crippen molar-refractivity contribution in [3.05, 3.63) is 101 Å². The Hall–Kier alpha value is -3.20. The van der Waals surface area contributed by atoms with Gasteiger partial charge in [-0.15, -0.1) is 0 Å². The van der Waals surface area contributed by atoms with Crippen molar-refractivity contribution < 1.29 is 4.79 Å². The second kappa shape index (κ2) is 6.96. The number of hydrazone groups is 1. The van der Waals surface area contributed by atoms with Crippen LogP contribution in [0.3, 0.4) is 0 Å². The van der Waals surface area contributed by atoms with Gasteiger partial charge in [-0.2, -0.15) is 5.10 Å². The van der Waals surface area contributed by atoms with E-state index >= 15 is 0 Å². The van der Waals surface area contributed by atoms with Crippen LogP contribution in [0.5, 0.6) is 0 Å². The highest BCUT2D eigenvalue weighted by molar-refractivity contribution is 6.03. The van der Waals surface area contributed by atoms with Gasteiger partial charge in [0.05, 0.1) is 17.4 Å². The summed E-state index contributed by atoms with van der Waals surface area (Å²) in [5, 5.41) is 7.00. The molecule has 0 N–H and O–H groups in total. The topological polar surface area (TPSA) is 32.7 Å². The second-order valence-corrected chi connectivity index (χ2v) is 6.60. The summed E-state index contributed by atoms with van der Waals surface area (Å²) in [4.78, 5) is 10.9. The molecular weight excluding hydrogens is 320 g/mol. The second-order valence-electron chi connectivity index (χ2n) is 6.60. The van der Waals surface area contributed by atoms with Crippen LogP contribution in [0.2, 0.25) is 0 Å². The minimum absolute atomic E-state index is 0.148. The molecule has 0 unspecified atom stereocenters. The predicted octanol–water partition coefficient (Wildman–Crippen LogP) is 5.16. The largest absolute Gasteiger partial charge is 0.298 e. The summed E-state index contributed by atoms with van der Waals surface area (Å²) in [5.74, 6) is 0. The Bertz CT molecular complexity index is 928. The first kappa shape index (κ1) is 16.3. The van der Waals surface area contributed by atoms with Crippen molar-refractivity contribution in [2.24, 2.45) is 5.10 Å². The smallest absolute Gasteiger partial charge is 0.150 e. The van der Waals surface area contributed by atoms with Crippen LogP contribution in [0.1, 0.15) is 39.5 Å². The Morgan fingerprint density at radius 2 is 1.62 bits per heavy atom. The third-order valence-corrected chi connectivity index (χ3v) is 4.77. The molecule has 3 nitrogen and oxygen atoms in total. The Kier molecular flexibility index (Phi) is 4.36. The van der Waals surface area contributed by atoms with Gasteiger partial charge in [0.1, 0.15) is 6.29 Å². The lowest BCUT2D eigenvalue weighted by atomic mass is 9.98. The number of anilines is 1. The van der Waals surface area contributed by atoms with Crippen LogP contribution in [0.4, 0.5) is 5.69 Å². The van der Waals surface area contributed by atoms with E-state index in [4.69, 9.17) is 5.10 Å². The van der Waals surface area contributed by atoms with Gasteiger partial charge in [-0.05, 0) is 42.3 Å². The number of carbonyl (C=O) groups excluding carboxylic acids is 1. The summed E-state index contributed by atoms with van der Waals surface area (Å²) in [6.07, 6.45) is 1.71. The van der Waals surface area contributed by atoms with Crippen LogP contribution < -0.4 is 5.01 Å². The lowest BCUT2D eigenvalue weighted by molar-refractivity contribution is 0.112. The summed E-state index contributed by atoms with van der Waals surface area (Å²) >= 11 is 0. The van der Waals surface area contributed by atoms with Crippen molar-refractivity contribution >= 4 is 17.7 Å². The van der Waals surface area contributed by atoms with E-state index in [0.717, 1.165) is 29.7 Å². The average Bonchev–Trinajstić information content (AvgIpc) is 3.15. The molecule has 0 amide bonds. The molecule has 3 aromatic carbocycles. The van der Waals surface area contributed by atoms with E-state index in [1.165, 1.54) is 11.1 Å². The van der Waals surface area contributed by atoms with Gasteiger partial charge < -0.3 is 0 Å². The molecule has 3 aromatic rings. The van der Waals surface area contributed by atoms with E-state index in [1.54, 1.807) is 0 Å². The predicted molar refractivity (Wildman–Crippen MR) is 106 cm³/mol. The van der Waals surface area contributed by atoms with E-state index in [2.05, 4.69) is 60.5 Å². The zero-order valence-corrected chi connectivity index (χ0v) is 14.7. The summed E-state index contributed by atoms with van der Waals surface area (Å²) < 4.78 is 0. The minimum Gasteiger partial charge on any atom is -0.298 e. The molecule has 0 spiro atoms. The minimum atomic E-state index is 0.148. The average molecular weight is 340 g/mol. The number of hydrogen-bond donors (Lipinski definition) is 0. The molecule has 0 fully saturated rings. The number of nitrogens with zero attached hydrogens (tertiary/aromatic N) is 2. The van der Waals surface area contributed by atoms with Gasteiger partial charge in [0.25, 0.3) is 0 Å². The molecule has 4 rings (SSSR count). The number of benzene rings is 3. The van der Waals surface area contributed by atoms with E-state index in [-0.39, 0.29) is 6.04 Å². The Labute approximate surface area is 153 Å². The summed E-state index contributed by atoms with van der Waals surface area (Å²) in [6, 6.07) is 26.7. The van der Waals surface area contributed by atoms with Gasteiger partial charge in [-0.1, -0.05) is 60.2 Å². The molecular formula is C23H20N2O. The molecule has 3 heteroatoms. The van der Waals surface area contributed by atoms with Crippen LogP contribution in [-0.4, -0.2) is 12.0 Å². The molecule has 0 saturated heterocycles. The molecule has 0 saturated carbocycles. The lowest BCUT2D eigenvalue weighted by Gasteiger charge is -2.24. The first-order chi connectivity index (χ1) is 12.7. The van der Waals surface area contributed by atoms with Crippen LogP contribution >= 0.6 is 0 Å². The molecule has 128 valence electrons. The van der Waals surface area contributed by atoms with Crippen LogP contribution in [-0.2, 0) is 0 Å². The number of rotatable bonds is 4. The van der Waals surface area contributed by atoms with Crippen molar-refractivity contribution in [3.8, 4) is 0 Å². The molecule has 26 heavy (non-hydrogen) atoms. The molecule has 1 heterocycles. The highest BCUT2D eigenvalue weighted by Crippen LogP contribution is 2.36. The number of aryl methyl sites for hydroxylation is 1. The monoisotopic (exact) mass is 340 g/mol. The first-order valence-electron chi connectivity index (χ1n) is 8.78. The van der Waals surface area contributed by atoms with Gasteiger partial charge in [-0.25, -0.2) is 0 Å².